The number of Topliss-reactive ketones (excluding diaryl/α,β-unsaturated/α-hetero) is 1. The molecule has 4 aromatic rings. The van der Waals surface area contributed by atoms with Gasteiger partial charge in [0.25, 0.3) is 11.7 Å². The summed E-state index contributed by atoms with van der Waals surface area (Å²) in [6.07, 6.45) is 3.45. The Hall–Kier alpha value is -4.26. The monoisotopic (exact) mass is 512 g/mol. The minimum absolute atomic E-state index is 0.0573. The highest BCUT2D eigenvalue weighted by atomic mass is 16.5. The minimum Gasteiger partial charge on any atom is -0.507 e. The lowest BCUT2D eigenvalue weighted by Crippen LogP contribution is -2.29. The number of rotatable bonds is 6. The topological polar surface area (TPSA) is 84.9 Å². The maximum absolute atomic E-state index is 13.6. The van der Waals surface area contributed by atoms with Gasteiger partial charge in [0.1, 0.15) is 17.3 Å². The maximum Gasteiger partial charge on any atom is 0.296 e. The average Bonchev–Trinajstić information content (AvgIpc) is 3.58. The van der Waals surface area contributed by atoms with Crippen molar-refractivity contribution in [1.82, 2.24) is 9.47 Å². The number of likely N-dealkylation sites (tertiary alicyclic amines) is 1. The molecule has 0 bridgehead atoms. The first-order valence-corrected chi connectivity index (χ1v) is 12.7. The van der Waals surface area contributed by atoms with Crippen LogP contribution in [-0.2, 0) is 28.6 Å². The Kier molecular flexibility index (Phi) is 6.39. The van der Waals surface area contributed by atoms with Gasteiger partial charge < -0.3 is 23.7 Å². The van der Waals surface area contributed by atoms with Crippen LogP contribution >= 0.6 is 0 Å². The molecule has 1 unspecified atom stereocenters. The SMILES string of the molecule is CCOc1ccc(/C(O)=C2\C(=O)C(=O)N(Cc3ccco3)C2c2cn(C)c3ccccc23)cc1C(C)(C)C. The minimum atomic E-state index is -0.796. The van der Waals surface area contributed by atoms with E-state index in [-0.39, 0.29) is 23.3 Å². The van der Waals surface area contributed by atoms with Gasteiger partial charge in [-0.3, -0.25) is 9.59 Å². The molecule has 7 nitrogen and oxygen atoms in total. The number of carbonyl (C=O) groups excluding carboxylic acids is 2. The summed E-state index contributed by atoms with van der Waals surface area (Å²) in [4.78, 5) is 28.5. The molecule has 2 aromatic carbocycles. The molecule has 0 radical (unpaired) electrons. The second-order valence-corrected chi connectivity index (χ2v) is 10.6. The zero-order chi connectivity index (χ0) is 27.2. The van der Waals surface area contributed by atoms with E-state index >= 15 is 0 Å². The first kappa shape index (κ1) is 25.4. The smallest absolute Gasteiger partial charge is 0.296 e. The molecule has 1 aliphatic rings. The van der Waals surface area contributed by atoms with Gasteiger partial charge in [0.05, 0.1) is 31.0 Å². The van der Waals surface area contributed by atoms with Crippen molar-refractivity contribution in [3.8, 4) is 5.75 Å². The van der Waals surface area contributed by atoms with Crippen molar-refractivity contribution in [2.24, 2.45) is 7.05 Å². The fourth-order valence-electron chi connectivity index (χ4n) is 5.23. The highest BCUT2D eigenvalue weighted by Gasteiger charge is 2.47. The molecule has 38 heavy (non-hydrogen) atoms. The average molecular weight is 513 g/mol. The summed E-state index contributed by atoms with van der Waals surface area (Å²) in [6.45, 7) is 8.71. The Morgan fingerprint density at radius 3 is 2.53 bits per heavy atom. The van der Waals surface area contributed by atoms with Crippen LogP contribution in [0.1, 0.15) is 56.2 Å². The highest BCUT2D eigenvalue weighted by Crippen LogP contribution is 2.44. The number of ether oxygens (including phenoxy) is 1. The van der Waals surface area contributed by atoms with E-state index in [0.29, 0.717) is 17.9 Å². The third kappa shape index (κ3) is 4.28. The van der Waals surface area contributed by atoms with Crippen molar-refractivity contribution in [1.29, 1.82) is 0 Å². The van der Waals surface area contributed by atoms with Crippen molar-refractivity contribution in [2.45, 2.75) is 45.7 Å². The van der Waals surface area contributed by atoms with E-state index in [1.165, 1.54) is 11.2 Å². The normalized spacial score (nSPS) is 17.5. The Morgan fingerprint density at radius 2 is 1.84 bits per heavy atom. The summed E-state index contributed by atoms with van der Waals surface area (Å²) < 4.78 is 13.3. The molecule has 0 saturated carbocycles. The molecule has 0 spiro atoms. The molecule has 1 N–H and O–H groups in total. The standard InChI is InChI=1S/C31H32N2O5/c1-6-37-25-14-13-19(16-23(25)31(2,3)4)28(34)26-27(22-18-32(5)24-12-8-7-11-21(22)24)33(30(36)29(26)35)17-20-10-9-15-38-20/h7-16,18,27,34H,6,17H2,1-5H3/b28-26+. The van der Waals surface area contributed by atoms with Crippen LogP contribution in [0.2, 0.25) is 0 Å². The van der Waals surface area contributed by atoms with Crippen LogP contribution in [0.15, 0.2) is 77.0 Å². The number of amides is 1. The number of para-hydroxylation sites is 1. The number of hydrogen-bond donors (Lipinski definition) is 1. The number of aliphatic hydroxyl groups excluding tert-OH is 1. The Balaban J connectivity index is 1.73. The molecule has 3 heterocycles. The summed E-state index contributed by atoms with van der Waals surface area (Å²) in [5.74, 6) is -0.341. The van der Waals surface area contributed by atoms with E-state index in [9.17, 15) is 14.7 Å². The summed E-state index contributed by atoms with van der Waals surface area (Å²) >= 11 is 0. The number of hydrogen-bond acceptors (Lipinski definition) is 5. The summed E-state index contributed by atoms with van der Waals surface area (Å²) in [5, 5.41) is 12.6. The van der Waals surface area contributed by atoms with E-state index < -0.39 is 17.7 Å². The maximum atomic E-state index is 13.6. The highest BCUT2D eigenvalue weighted by molar-refractivity contribution is 6.46. The fraction of sp³-hybridized carbons (Fsp3) is 0.290. The number of aryl methyl sites for hydroxylation is 1. The largest absolute Gasteiger partial charge is 0.507 e. The second kappa shape index (κ2) is 9.56. The van der Waals surface area contributed by atoms with Crippen LogP contribution in [0.3, 0.4) is 0 Å². The molecule has 5 rings (SSSR count). The molecule has 1 aliphatic heterocycles. The van der Waals surface area contributed by atoms with Crippen molar-refractivity contribution >= 4 is 28.4 Å². The van der Waals surface area contributed by atoms with Crippen molar-refractivity contribution in [3.05, 3.63) is 95.1 Å². The van der Waals surface area contributed by atoms with E-state index in [0.717, 1.165) is 27.8 Å². The van der Waals surface area contributed by atoms with Crippen LogP contribution in [0.25, 0.3) is 16.7 Å². The zero-order valence-corrected chi connectivity index (χ0v) is 22.3. The summed E-state index contributed by atoms with van der Waals surface area (Å²) in [7, 11) is 1.92. The lowest BCUT2D eigenvalue weighted by Gasteiger charge is -2.25. The number of aliphatic hydroxyl groups is 1. The van der Waals surface area contributed by atoms with Crippen molar-refractivity contribution in [2.75, 3.05) is 6.61 Å². The first-order chi connectivity index (χ1) is 18.1. The third-order valence-corrected chi connectivity index (χ3v) is 7.03. The van der Waals surface area contributed by atoms with Crippen molar-refractivity contribution < 1.29 is 23.8 Å². The number of nitrogens with zero attached hydrogens (tertiary/aromatic N) is 2. The van der Waals surface area contributed by atoms with Crippen LogP contribution in [0, 0.1) is 0 Å². The van der Waals surface area contributed by atoms with Crippen LogP contribution in [0.5, 0.6) is 5.75 Å². The van der Waals surface area contributed by atoms with Gasteiger partial charge in [-0.2, -0.15) is 0 Å². The van der Waals surface area contributed by atoms with Crippen LogP contribution in [-0.4, -0.2) is 32.9 Å². The molecule has 1 saturated heterocycles. The number of ketones is 1. The van der Waals surface area contributed by atoms with Gasteiger partial charge in [-0.05, 0) is 48.7 Å². The molecule has 1 atom stereocenters. The summed E-state index contributed by atoms with van der Waals surface area (Å²) in [5.41, 5.74) is 2.86. The van der Waals surface area contributed by atoms with Crippen molar-refractivity contribution in [3.63, 3.8) is 0 Å². The van der Waals surface area contributed by atoms with Gasteiger partial charge in [-0.1, -0.05) is 39.0 Å². The van der Waals surface area contributed by atoms with Gasteiger partial charge >= 0.3 is 0 Å². The molecule has 1 amide bonds. The molecular formula is C31H32N2O5. The Labute approximate surface area is 221 Å². The quantitative estimate of drug-likeness (QED) is 0.192. The van der Waals surface area contributed by atoms with Crippen LogP contribution in [0.4, 0.5) is 0 Å². The van der Waals surface area contributed by atoms with Crippen LogP contribution < -0.4 is 4.74 Å². The Morgan fingerprint density at radius 1 is 1.08 bits per heavy atom. The molecule has 7 heteroatoms. The van der Waals surface area contributed by atoms with Gasteiger partial charge in [-0.25, -0.2) is 0 Å². The number of carbonyl (C=O) groups is 2. The van der Waals surface area contributed by atoms with E-state index in [1.807, 2.05) is 61.1 Å². The molecule has 2 aromatic heterocycles. The fourth-order valence-corrected chi connectivity index (χ4v) is 5.23. The van der Waals surface area contributed by atoms with E-state index in [2.05, 4.69) is 20.8 Å². The lowest BCUT2D eigenvalue weighted by molar-refractivity contribution is -0.140. The molecule has 196 valence electrons. The molecule has 1 fully saturated rings. The third-order valence-electron chi connectivity index (χ3n) is 7.03. The van der Waals surface area contributed by atoms with Gasteiger partial charge in [0, 0.05) is 40.8 Å². The zero-order valence-electron chi connectivity index (χ0n) is 22.3. The number of aromatic nitrogens is 1. The number of fused-ring (bicyclic) bond motifs is 1. The number of benzene rings is 2. The molecule has 0 aliphatic carbocycles. The van der Waals surface area contributed by atoms with Gasteiger partial charge in [0.2, 0.25) is 0 Å². The molecular weight excluding hydrogens is 480 g/mol. The van der Waals surface area contributed by atoms with E-state index in [4.69, 9.17) is 9.15 Å². The predicted octanol–water partition coefficient (Wildman–Crippen LogP) is 6.09. The predicted molar refractivity (Wildman–Crippen MR) is 146 cm³/mol. The summed E-state index contributed by atoms with van der Waals surface area (Å²) in [6, 6.07) is 15.9. The first-order valence-electron chi connectivity index (χ1n) is 12.7. The van der Waals surface area contributed by atoms with Gasteiger partial charge in [-0.15, -0.1) is 0 Å². The van der Waals surface area contributed by atoms with E-state index in [1.54, 1.807) is 18.2 Å². The van der Waals surface area contributed by atoms with Gasteiger partial charge in [0.15, 0.2) is 0 Å². The second-order valence-electron chi connectivity index (χ2n) is 10.6. The number of furan rings is 1. The Bertz CT molecular complexity index is 1550. The lowest BCUT2D eigenvalue weighted by atomic mass is 9.84.